The Kier molecular flexibility index (Phi) is 6.78. The molecule has 0 saturated carbocycles. The second-order valence-corrected chi connectivity index (χ2v) is 7.23. The Morgan fingerprint density at radius 3 is 2.46 bits per heavy atom. The third kappa shape index (κ3) is 6.13. The summed E-state index contributed by atoms with van der Waals surface area (Å²) in [7, 11) is 0. The van der Waals surface area contributed by atoms with Gasteiger partial charge in [-0.2, -0.15) is 15.6 Å². The fraction of sp³-hybridized carbons (Fsp3) is 0.474. The molecule has 148 valence electrons. The number of hydrogen-bond acceptors (Lipinski definition) is 7. The van der Waals surface area contributed by atoms with Crippen LogP contribution < -0.4 is 10.2 Å². The fourth-order valence-electron chi connectivity index (χ4n) is 2.52. The largest absolute Gasteiger partial charge is 0.487 e. The summed E-state index contributed by atoms with van der Waals surface area (Å²) in [5.74, 6) is -0.503. The summed E-state index contributed by atoms with van der Waals surface area (Å²) in [6, 6.07) is 7.34. The molecule has 0 bridgehead atoms. The zero-order chi connectivity index (χ0) is 20.7. The minimum absolute atomic E-state index is 0.0889. The van der Waals surface area contributed by atoms with Crippen molar-refractivity contribution >= 4 is 17.5 Å². The molecule has 1 aromatic carbocycles. The summed E-state index contributed by atoms with van der Waals surface area (Å²) in [4.78, 5) is 13.7. The normalized spacial score (nSPS) is 14.4. The van der Waals surface area contributed by atoms with Gasteiger partial charge in [-0.15, -0.1) is 0 Å². The highest BCUT2D eigenvalue weighted by Crippen LogP contribution is 2.25. The minimum Gasteiger partial charge on any atom is -0.487 e. The molecule has 0 radical (unpaired) electrons. The van der Waals surface area contributed by atoms with E-state index in [0.717, 1.165) is 0 Å². The molecule has 9 heteroatoms. The van der Waals surface area contributed by atoms with Crippen LogP contribution in [0.1, 0.15) is 33.6 Å². The van der Waals surface area contributed by atoms with E-state index in [0.29, 0.717) is 25.9 Å². The van der Waals surface area contributed by atoms with Crippen molar-refractivity contribution in [3.63, 3.8) is 0 Å². The summed E-state index contributed by atoms with van der Waals surface area (Å²) >= 11 is 0. The first-order valence-corrected chi connectivity index (χ1v) is 8.80. The summed E-state index contributed by atoms with van der Waals surface area (Å²) < 4.78 is 25.3. The molecule has 1 aromatic rings. The van der Waals surface area contributed by atoms with Gasteiger partial charge in [0.1, 0.15) is 23.8 Å². The molecular weight excluding hydrogens is 365 g/mol. The lowest BCUT2D eigenvalue weighted by molar-refractivity contribution is 0.0123. The topological polar surface area (TPSA) is 111 Å². The molecule has 1 fully saturated rings. The number of piperidine rings is 1. The molecule has 1 heterocycles. The van der Waals surface area contributed by atoms with Gasteiger partial charge in [0.2, 0.25) is 5.71 Å². The van der Waals surface area contributed by atoms with Crippen LogP contribution in [0.4, 0.5) is 14.9 Å². The maximum Gasteiger partial charge on any atom is 0.410 e. The summed E-state index contributed by atoms with van der Waals surface area (Å²) in [6.07, 6.45) is 0.559. The number of nitrogens with zero attached hydrogens (tertiary/aromatic N) is 4. The standard InChI is InChI=1S/C19H22FN5O3/c1-19(2,3)28-18(26)25-8-6-15(7-9-25)27-17-5-4-13(10-16(17)20)23-24-14(11-21)12-22/h4-5,10,15,23H,6-9H2,1-3H3. The number of hydrazone groups is 1. The number of halogens is 1. The molecule has 0 spiro atoms. The molecule has 1 aliphatic rings. The zero-order valence-electron chi connectivity index (χ0n) is 16.0. The van der Waals surface area contributed by atoms with Crippen LogP contribution in [0.2, 0.25) is 0 Å². The van der Waals surface area contributed by atoms with E-state index in [-0.39, 0.29) is 29.3 Å². The van der Waals surface area contributed by atoms with Crippen molar-refractivity contribution in [3.8, 4) is 17.9 Å². The first-order valence-electron chi connectivity index (χ1n) is 8.80. The second-order valence-electron chi connectivity index (χ2n) is 7.23. The van der Waals surface area contributed by atoms with Crippen LogP contribution in [0.15, 0.2) is 23.3 Å². The predicted octanol–water partition coefficient (Wildman–Crippen LogP) is 3.42. The van der Waals surface area contributed by atoms with Gasteiger partial charge in [0.15, 0.2) is 11.6 Å². The van der Waals surface area contributed by atoms with Gasteiger partial charge in [0.25, 0.3) is 0 Å². The maximum atomic E-state index is 14.3. The lowest BCUT2D eigenvalue weighted by atomic mass is 10.1. The molecule has 2 rings (SSSR count). The average molecular weight is 387 g/mol. The van der Waals surface area contributed by atoms with Crippen molar-refractivity contribution in [3.05, 3.63) is 24.0 Å². The molecule has 1 amide bonds. The molecule has 0 aromatic heterocycles. The molecule has 0 atom stereocenters. The van der Waals surface area contributed by atoms with E-state index in [1.807, 2.05) is 20.8 Å². The molecular formula is C19H22FN5O3. The second kappa shape index (κ2) is 9.05. The molecule has 1 aliphatic heterocycles. The van der Waals surface area contributed by atoms with Gasteiger partial charge >= 0.3 is 6.09 Å². The Labute approximate surface area is 163 Å². The van der Waals surface area contributed by atoms with Gasteiger partial charge in [0, 0.05) is 32.0 Å². The first kappa shape index (κ1) is 21.0. The van der Waals surface area contributed by atoms with Crippen LogP contribution in [0, 0.1) is 28.5 Å². The van der Waals surface area contributed by atoms with Crippen molar-refractivity contribution in [1.82, 2.24) is 4.90 Å². The van der Waals surface area contributed by atoms with Crippen LogP contribution >= 0.6 is 0 Å². The van der Waals surface area contributed by atoms with Crippen LogP contribution in [-0.4, -0.2) is 41.5 Å². The van der Waals surface area contributed by atoms with Gasteiger partial charge in [-0.05, 0) is 32.9 Å². The van der Waals surface area contributed by atoms with Crippen LogP contribution in [0.3, 0.4) is 0 Å². The van der Waals surface area contributed by atoms with Gasteiger partial charge in [-0.3, -0.25) is 5.43 Å². The van der Waals surface area contributed by atoms with E-state index in [4.69, 9.17) is 20.0 Å². The van der Waals surface area contributed by atoms with Crippen molar-refractivity contribution in [1.29, 1.82) is 10.5 Å². The van der Waals surface area contributed by atoms with Crippen LogP contribution in [0.25, 0.3) is 0 Å². The predicted molar refractivity (Wildman–Crippen MR) is 100 cm³/mol. The summed E-state index contributed by atoms with van der Waals surface area (Å²) in [6.45, 7) is 6.39. The number of hydrogen-bond donors (Lipinski definition) is 1. The van der Waals surface area contributed by atoms with Crippen molar-refractivity contribution in [2.75, 3.05) is 18.5 Å². The quantitative estimate of drug-likeness (QED) is 0.626. The number of nitrogens with one attached hydrogen (secondary N) is 1. The molecule has 1 N–H and O–H groups in total. The Hall–Kier alpha value is -3.33. The van der Waals surface area contributed by atoms with E-state index in [2.05, 4.69) is 10.5 Å². The minimum atomic E-state index is -0.592. The number of likely N-dealkylation sites (tertiary alicyclic amines) is 1. The summed E-state index contributed by atoms with van der Waals surface area (Å²) in [5, 5.41) is 20.8. The zero-order valence-corrected chi connectivity index (χ0v) is 16.0. The highest BCUT2D eigenvalue weighted by Gasteiger charge is 2.28. The lowest BCUT2D eigenvalue weighted by Gasteiger charge is -2.33. The SMILES string of the molecule is CC(C)(C)OC(=O)N1CCC(Oc2ccc(NN=C(C#N)C#N)cc2F)CC1. The molecule has 0 aliphatic carbocycles. The van der Waals surface area contributed by atoms with E-state index in [1.165, 1.54) is 18.2 Å². The molecule has 28 heavy (non-hydrogen) atoms. The van der Waals surface area contributed by atoms with E-state index >= 15 is 0 Å². The van der Waals surface area contributed by atoms with Gasteiger partial charge in [-0.1, -0.05) is 0 Å². The van der Waals surface area contributed by atoms with Crippen LogP contribution in [-0.2, 0) is 4.74 Å². The maximum absolute atomic E-state index is 14.3. The molecule has 0 unspecified atom stereocenters. The summed E-state index contributed by atoms with van der Waals surface area (Å²) in [5.41, 5.74) is 1.82. The average Bonchev–Trinajstić information content (AvgIpc) is 2.64. The number of ether oxygens (including phenoxy) is 2. The highest BCUT2D eigenvalue weighted by atomic mass is 19.1. The van der Waals surface area contributed by atoms with E-state index < -0.39 is 11.4 Å². The van der Waals surface area contributed by atoms with Crippen molar-refractivity contribution in [2.45, 2.75) is 45.3 Å². The molecule has 8 nitrogen and oxygen atoms in total. The third-order valence-corrected chi connectivity index (χ3v) is 3.83. The number of nitriles is 2. The van der Waals surface area contributed by atoms with Gasteiger partial charge in [0.05, 0.1) is 5.69 Å². The Morgan fingerprint density at radius 2 is 1.93 bits per heavy atom. The Morgan fingerprint density at radius 1 is 1.29 bits per heavy atom. The Balaban J connectivity index is 1.90. The first-order chi connectivity index (χ1) is 13.2. The fourth-order valence-corrected chi connectivity index (χ4v) is 2.52. The van der Waals surface area contributed by atoms with Crippen molar-refractivity contribution in [2.24, 2.45) is 5.10 Å². The van der Waals surface area contributed by atoms with Gasteiger partial charge < -0.3 is 14.4 Å². The van der Waals surface area contributed by atoms with Gasteiger partial charge in [-0.25, -0.2) is 9.18 Å². The van der Waals surface area contributed by atoms with Crippen molar-refractivity contribution < 1.29 is 18.7 Å². The Bertz CT molecular complexity index is 811. The highest BCUT2D eigenvalue weighted by molar-refractivity contribution is 6.10. The number of carbonyl (C=O) groups excluding carboxylic acids is 1. The number of rotatable bonds is 4. The smallest absolute Gasteiger partial charge is 0.410 e. The van der Waals surface area contributed by atoms with E-state index in [9.17, 15) is 9.18 Å². The monoisotopic (exact) mass is 387 g/mol. The number of amides is 1. The number of carbonyl (C=O) groups is 1. The van der Waals surface area contributed by atoms with Crippen LogP contribution in [0.5, 0.6) is 5.75 Å². The third-order valence-electron chi connectivity index (χ3n) is 3.83. The molecule has 1 saturated heterocycles. The number of benzene rings is 1. The van der Waals surface area contributed by atoms with E-state index in [1.54, 1.807) is 17.0 Å². The number of anilines is 1. The lowest BCUT2D eigenvalue weighted by Crippen LogP contribution is -2.44.